The van der Waals surface area contributed by atoms with Gasteiger partial charge in [-0.3, -0.25) is 4.90 Å². The quantitative estimate of drug-likeness (QED) is 0.818. The van der Waals surface area contributed by atoms with Crippen molar-refractivity contribution >= 4 is 10.9 Å². The molecule has 0 bridgehead atoms. The van der Waals surface area contributed by atoms with Crippen LogP contribution in [0.2, 0.25) is 0 Å². The number of likely N-dealkylation sites (tertiary alicyclic amines) is 1. The molecule has 2 heterocycles. The molecule has 2 nitrogen and oxygen atoms in total. The topological polar surface area (TPSA) is 19.0 Å². The van der Waals surface area contributed by atoms with Crippen molar-refractivity contribution in [2.75, 3.05) is 13.6 Å². The Morgan fingerprint density at radius 2 is 2.15 bits per heavy atom. The molecule has 1 aromatic heterocycles. The number of aryl methyl sites for hydroxylation is 1. The molecule has 20 heavy (non-hydrogen) atoms. The molecule has 2 atom stereocenters. The average Bonchev–Trinajstić information content (AvgIpc) is 2.85. The van der Waals surface area contributed by atoms with Gasteiger partial charge in [0.2, 0.25) is 0 Å². The minimum atomic E-state index is 0.505. The molecule has 0 amide bonds. The molecule has 1 fully saturated rings. The molecule has 1 saturated heterocycles. The molecule has 2 heteroatoms. The Hall–Kier alpha value is -1.28. The predicted molar refractivity (Wildman–Crippen MR) is 83.9 cm³/mol. The number of H-pyrrole nitrogens is 1. The molecule has 106 valence electrons. The molecule has 0 saturated carbocycles. The molecule has 2 aliphatic rings. The van der Waals surface area contributed by atoms with Crippen LogP contribution < -0.4 is 0 Å². The number of hydrogen-bond donors (Lipinski definition) is 1. The van der Waals surface area contributed by atoms with Gasteiger partial charge in [-0.15, -0.1) is 0 Å². The lowest BCUT2D eigenvalue weighted by Crippen LogP contribution is -2.46. The van der Waals surface area contributed by atoms with Gasteiger partial charge in [-0.1, -0.05) is 25.1 Å². The normalized spacial score (nSPS) is 30.2. The number of rotatable bonds is 1. The van der Waals surface area contributed by atoms with Gasteiger partial charge in [-0.25, -0.2) is 0 Å². The highest BCUT2D eigenvalue weighted by Gasteiger charge is 2.47. The summed E-state index contributed by atoms with van der Waals surface area (Å²) in [5.74, 6) is 0. The van der Waals surface area contributed by atoms with Crippen molar-refractivity contribution in [1.82, 2.24) is 9.88 Å². The SMILES string of the molecule is CC[C@@]12CCCN(C)[C@@H]1c1c([nH]c3ccccc13)CC2. The predicted octanol–water partition coefficient (Wildman–Crippen LogP) is 4.28. The maximum atomic E-state index is 3.68. The van der Waals surface area contributed by atoms with E-state index in [4.69, 9.17) is 0 Å². The van der Waals surface area contributed by atoms with Crippen LogP contribution in [0.5, 0.6) is 0 Å². The van der Waals surface area contributed by atoms with Gasteiger partial charge in [-0.2, -0.15) is 0 Å². The van der Waals surface area contributed by atoms with Gasteiger partial charge in [0, 0.05) is 22.6 Å². The van der Waals surface area contributed by atoms with Crippen LogP contribution in [0.1, 0.15) is 49.9 Å². The van der Waals surface area contributed by atoms with E-state index in [-0.39, 0.29) is 0 Å². The van der Waals surface area contributed by atoms with Gasteiger partial charge in [0.25, 0.3) is 0 Å². The van der Waals surface area contributed by atoms with Gasteiger partial charge in [0.05, 0.1) is 0 Å². The van der Waals surface area contributed by atoms with Crippen LogP contribution in [0, 0.1) is 5.41 Å². The fourth-order valence-electron chi connectivity index (χ4n) is 4.85. The summed E-state index contributed by atoms with van der Waals surface area (Å²) >= 11 is 0. The maximum Gasteiger partial charge on any atom is 0.0459 e. The first-order valence-electron chi connectivity index (χ1n) is 8.05. The summed E-state index contributed by atoms with van der Waals surface area (Å²) < 4.78 is 0. The third kappa shape index (κ3) is 1.54. The molecule has 2 aromatic rings. The first-order chi connectivity index (χ1) is 9.75. The standard InChI is InChI=1S/C18H24N2/c1-3-18-10-6-12-20(2)17(18)16-13-7-4-5-8-14(13)19-15(16)9-11-18/h4-5,7-8,17,19H,3,6,9-12H2,1-2H3/t17-,18+/m1/s1. The van der Waals surface area contributed by atoms with Crippen LogP contribution in [-0.2, 0) is 6.42 Å². The fraction of sp³-hybridized carbons (Fsp3) is 0.556. The van der Waals surface area contributed by atoms with Gasteiger partial charge < -0.3 is 4.98 Å². The van der Waals surface area contributed by atoms with Gasteiger partial charge in [-0.05, 0) is 62.7 Å². The fourth-order valence-corrected chi connectivity index (χ4v) is 4.85. The molecular weight excluding hydrogens is 244 g/mol. The number of aromatic nitrogens is 1. The van der Waals surface area contributed by atoms with Gasteiger partial charge in [0.1, 0.15) is 0 Å². The van der Waals surface area contributed by atoms with Gasteiger partial charge in [0.15, 0.2) is 0 Å². The van der Waals surface area contributed by atoms with E-state index in [1.54, 1.807) is 5.56 Å². The summed E-state index contributed by atoms with van der Waals surface area (Å²) in [6.45, 7) is 3.64. The molecular formula is C18H24N2. The van der Waals surface area contributed by atoms with E-state index >= 15 is 0 Å². The summed E-state index contributed by atoms with van der Waals surface area (Å²) in [7, 11) is 2.32. The van der Waals surface area contributed by atoms with Crippen molar-refractivity contribution in [3.05, 3.63) is 35.5 Å². The lowest BCUT2D eigenvalue weighted by Gasteiger charge is -2.51. The highest BCUT2D eigenvalue weighted by molar-refractivity contribution is 5.85. The molecule has 4 rings (SSSR count). The van der Waals surface area contributed by atoms with Crippen molar-refractivity contribution in [1.29, 1.82) is 0 Å². The number of piperidine rings is 1. The number of fused-ring (bicyclic) bond motifs is 5. The van der Waals surface area contributed by atoms with Crippen molar-refractivity contribution in [3.63, 3.8) is 0 Å². The van der Waals surface area contributed by atoms with Crippen molar-refractivity contribution in [3.8, 4) is 0 Å². The minimum Gasteiger partial charge on any atom is -0.358 e. The number of nitrogens with one attached hydrogen (secondary N) is 1. The highest BCUT2D eigenvalue weighted by Crippen LogP contribution is 2.55. The van der Waals surface area contributed by atoms with Crippen molar-refractivity contribution in [2.24, 2.45) is 5.41 Å². The Morgan fingerprint density at radius 3 is 3.00 bits per heavy atom. The first-order valence-corrected chi connectivity index (χ1v) is 8.05. The monoisotopic (exact) mass is 268 g/mol. The molecule has 1 aliphatic carbocycles. The largest absolute Gasteiger partial charge is 0.358 e. The van der Waals surface area contributed by atoms with Crippen LogP contribution >= 0.6 is 0 Å². The van der Waals surface area contributed by atoms with Crippen LogP contribution in [0.4, 0.5) is 0 Å². The van der Waals surface area contributed by atoms with Crippen molar-refractivity contribution < 1.29 is 0 Å². The molecule has 1 aromatic carbocycles. The second-order valence-corrected chi connectivity index (χ2v) is 6.77. The maximum absolute atomic E-state index is 3.68. The minimum absolute atomic E-state index is 0.505. The van der Waals surface area contributed by atoms with E-state index in [1.807, 2.05) is 0 Å². The summed E-state index contributed by atoms with van der Waals surface area (Å²) in [5, 5.41) is 1.46. The zero-order valence-corrected chi connectivity index (χ0v) is 12.6. The molecule has 1 aliphatic heterocycles. The summed E-state index contributed by atoms with van der Waals surface area (Å²) in [6, 6.07) is 9.47. The van der Waals surface area contributed by atoms with Crippen LogP contribution in [-0.4, -0.2) is 23.5 Å². The van der Waals surface area contributed by atoms with E-state index in [9.17, 15) is 0 Å². The Morgan fingerprint density at radius 1 is 1.30 bits per heavy atom. The highest BCUT2D eigenvalue weighted by atomic mass is 15.2. The van der Waals surface area contributed by atoms with Crippen LogP contribution in [0.3, 0.4) is 0 Å². The zero-order valence-electron chi connectivity index (χ0n) is 12.6. The van der Waals surface area contributed by atoms with Gasteiger partial charge >= 0.3 is 0 Å². The average molecular weight is 268 g/mol. The Kier molecular flexibility index (Phi) is 2.71. The molecule has 0 spiro atoms. The van der Waals surface area contributed by atoms with E-state index in [2.05, 4.69) is 48.1 Å². The van der Waals surface area contributed by atoms with E-state index in [0.717, 1.165) is 0 Å². The second-order valence-electron chi connectivity index (χ2n) is 6.77. The third-order valence-electron chi connectivity index (χ3n) is 5.88. The van der Waals surface area contributed by atoms with E-state index in [1.165, 1.54) is 55.2 Å². The lowest BCUT2D eigenvalue weighted by molar-refractivity contribution is 0.0104. The molecule has 0 radical (unpaired) electrons. The van der Waals surface area contributed by atoms with Crippen molar-refractivity contribution in [2.45, 2.75) is 45.1 Å². The summed E-state index contributed by atoms with van der Waals surface area (Å²) in [4.78, 5) is 6.30. The molecule has 0 unspecified atom stereocenters. The third-order valence-corrected chi connectivity index (χ3v) is 5.88. The smallest absolute Gasteiger partial charge is 0.0459 e. The second kappa shape index (κ2) is 4.36. The summed E-state index contributed by atoms with van der Waals surface area (Å²) in [6.07, 6.45) is 6.64. The van der Waals surface area contributed by atoms with Crippen LogP contribution in [0.25, 0.3) is 10.9 Å². The first kappa shape index (κ1) is 12.5. The Balaban J connectivity index is 1.96. The Bertz CT molecular complexity index is 642. The zero-order chi connectivity index (χ0) is 13.7. The number of aromatic amines is 1. The van der Waals surface area contributed by atoms with E-state index < -0.39 is 0 Å². The number of hydrogen-bond acceptors (Lipinski definition) is 1. The van der Waals surface area contributed by atoms with E-state index in [0.29, 0.717) is 11.5 Å². The Labute approximate surface area is 121 Å². The van der Waals surface area contributed by atoms with Crippen LogP contribution in [0.15, 0.2) is 24.3 Å². The summed E-state index contributed by atoms with van der Waals surface area (Å²) in [5.41, 5.74) is 4.93. The number of benzene rings is 1. The lowest BCUT2D eigenvalue weighted by atomic mass is 9.62. The molecule has 1 N–H and O–H groups in total. The number of nitrogens with zero attached hydrogens (tertiary/aromatic N) is 1. The number of para-hydroxylation sites is 1.